The number of amides is 2. The van der Waals surface area contributed by atoms with Gasteiger partial charge in [0.15, 0.2) is 16.6 Å². The number of nitrogens with zero attached hydrogens (tertiary/aromatic N) is 3. The molecule has 0 saturated carbocycles. The molecule has 1 heterocycles. The number of rotatable bonds is 5. The largest absolute Gasteiger partial charge is 0.504 e. The standard InChI is InChI=1S/C21H20F3N7O2S/c1-11(28-29-20(34)27-15-5-3-4-14(10-15)26-19(25)33)16-18(32)17(31(2)30-16)12-6-8-13(9-7-12)21(22,23)24/h3-10,32H,1-2H3,(H3,25,26,33)(H2,27,29,34). The Hall–Kier alpha value is -4.13. The molecule has 1 aromatic heterocycles. The van der Waals surface area contributed by atoms with Crippen LogP contribution in [0.25, 0.3) is 11.3 Å². The summed E-state index contributed by atoms with van der Waals surface area (Å²) >= 11 is 5.20. The first-order valence-corrected chi connectivity index (χ1v) is 10.1. The third-order valence-electron chi connectivity index (χ3n) is 4.56. The van der Waals surface area contributed by atoms with Crippen molar-refractivity contribution in [2.24, 2.45) is 17.9 Å². The molecule has 0 aliphatic rings. The molecule has 2 amide bonds. The average Bonchev–Trinajstić information content (AvgIpc) is 3.05. The summed E-state index contributed by atoms with van der Waals surface area (Å²) < 4.78 is 39.8. The van der Waals surface area contributed by atoms with Gasteiger partial charge in [-0.1, -0.05) is 18.2 Å². The van der Waals surface area contributed by atoms with Crippen molar-refractivity contribution < 1.29 is 23.1 Å². The van der Waals surface area contributed by atoms with Gasteiger partial charge in [0.05, 0.1) is 11.3 Å². The number of carbonyl (C=O) groups excluding carboxylic acids is 1. The summed E-state index contributed by atoms with van der Waals surface area (Å²) in [6.07, 6.45) is -4.46. The maximum Gasteiger partial charge on any atom is 0.416 e. The van der Waals surface area contributed by atoms with Crippen molar-refractivity contribution in [2.75, 3.05) is 10.6 Å². The fourth-order valence-electron chi connectivity index (χ4n) is 3.06. The minimum atomic E-state index is -4.46. The van der Waals surface area contributed by atoms with Crippen molar-refractivity contribution in [1.82, 2.24) is 15.2 Å². The van der Waals surface area contributed by atoms with E-state index in [0.29, 0.717) is 16.9 Å². The highest BCUT2D eigenvalue weighted by Crippen LogP contribution is 2.35. The molecule has 0 spiro atoms. The van der Waals surface area contributed by atoms with Crippen LogP contribution < -0.4 is 21.8 Å². The normalized spacial score (nSPS) is 11.7. The summed E-state index contributed by atoms with van der Waals surface area (Å²) in [4.78, 5) is 11.0. The molecule has 0 saturated heterocycles. The summed E-state index contributed by atoms with van der Waals surface area (Å²) in [7, 11) is 1.55. The quantitative estimate of drug-likeness (QED) is 0.208. The highest BCUT2D eigenvalue weighted by molar-refractivity contribution is 7.80. The molecule has 0 aliphatic carbocycles. The summed E-state index contributed by atoms with van der Waals surface area (Å²) in [6, 6.07) is 10.3. The number of urea groups is 1. The molecule has 2 aromatic carbocycles. The lowest BCUT2D eigenvalue weighted by Crippen LogP contribution is -2.25. The van der Waals surface area contributed by atoms with Gasteiger partial charge in [0.25, 0.3) is 0 Å². The Morgan fingerprint density at radius 1 is 1.15 bits per heavy atom. The van der Waals surface area contributed by atoms with Crippen LogP contribution in [0.2, 0.25) is 0 Å². The predicted octanol–water partition coefficient (Wildman–Crippen LogP) is 4.01. The van der Waals surface area contributed by atoms with Gasteiger partial charge in [0.1, 0.15) is 5.69 Å². The number of hydrazone groups is 1. The molecule has 0 unspecified atom stereocenters. The van der Waals surface area contributed by atoms with E-state index in [9.17, 15) is 23.1 Å². The van der Waals surface area contributed by atoms with E-state index in [0.717, 1.165) is 12.1 Å². The second-order valence-electron chi connectivity index (χ2n) is 7.08. The number of primary amides is 1. The van der Waals surface area contributed by atoms with Crippen LogP contribution in [0.15, 0.2) is 53.6 Å². The van der Waals surface area contributed by atoms with Crippen LogP contribution in [0.4, 0.5) is 29.3 Å². The number of anilines is 2. The number of hydrogen-bond donors (Lipinski definition) is 5. The van der Waals surface area contributed by atoms with E-state index in [2.05, 4.69) is 26.3 Å². The monoisotopic (exact) mass is 491 g/mol. The van der Waals surface area contributed by atoms with E-state index in [1.165, 1.54) is 16.8 Å². The zero-order valence-electron chi connectivity index (χ0n) is 17.9. The van der Waals surface area contributed by atoms with Crippen LogP contribution >= 0.6 is 12.2 Å². The van der Waals surface area contributed by atoms with Crippen LogP contribution in [0.1, 0.15) is 18.2 Å². The fourth-order valence-corrected chi connectivity index (χ4v) is 3.22. The highest BCUT2D eigenvalue weighted by Gasteiger charge is 2.30. The van der Waals surface area contributed by atoms with Crippen molar-refractivity contribution in [3.05, 3.63) is 59.8 Å². The lowest BCUT2D eigenvalue weighted by molar-refractivity contribution is -0.137. The first kappa shape index (κ1) is 24.5. The van der Waals surface area contributed by atoms with Gasteiger partial charge < -0.3 is 21.5 Å². The number of hydrogen-bond acceptors (Lipinski definition) is 5. The van der Waals surface area contributed by atoms with E-state index in [1.54, 1.807) is 38.2 Å². The predicted molar refractivity (Wildman–Crippen MR) is 127 cm³/mol. The smallest absolute Gasteiger partial charge is 0.416 e. The van der Waals surface area contributed by atoms with Gasteiger partial charge in [0.2, 0.25) is 0 Å². The van der Waals surface area contributed by atoms with Gasteiger partial charge >= 0.3 is 12.2 Å². The molecule has 0 radical (unpaired) electrons. The molecule has 34 heavy (non-hydrogen) atoms. The number of halogens is 3. The van der Waals surface area contributed by atoms with Crippen molar-refractivity contribution in [3.8, 4) is 17.0 Å². The van der Waals surface area contributed by atoms with Crippen molar-refractivity contribution >= 4 is 40.4 Å². The minimum absolute atomic E-state index is 0.119. The van der Waals surface area contributed by atoms with Crippen molar-refractivity contribution in [1.29, 1.82) is 0 Å². The zero-order valence-corrected chi connectivity index (χ0v) is 18.8. The maximum absolute atomic E-state index is 12.8. The minimum Gasteiger partial charge on any atom is -0.504 e. The molecule has 0 bridgehead atoms. The second kappa shape index (κ2) is 9.79. The molecule has 3 aromatic rings. The fraction of sp³-hybridized carbons (Fsp3) is 0.143. The molecular formula is C21H20F3N7O2S. The van der Waals surface area contributed by atoms with Crippen molar-refractivity contribution in [3.63, 3.8) is 0 Å². The first-order chi connectivity index (χ1) is 16.0. The molecule has 0 atom stereocenters. The average molecular weight is 491 g/mol. The molecule has 6 N–H and O–H groups in total. The Morgan fingerprint density at radius 3 is 2.35 bits per heavy atom. The summed E-state index contributed by atoms with van der Waals surface area (Å²) in [5, 5.41) is 24.4. The van der Waals surface area contributed by atoms with E-state index in [-0.39, 0.29) is 28.0 Å². The molecule has 178 valence electrons. The number of alkyl halides is 3. The Balaban J connectivity index is 1.74. The van der Waals surface area contributed by atoms with Crippen LogP contribution in [-0.2, 0) is 13.2 Å². The number of carbonyl (C=O) groups is 1. The van der Waals surface area contributed by atoms with Gasteiger partial charge in [-0.15, -0.1) is 0 Å². The first-order valence-electron chi connectivity index (χ1n) is 9.67. The maximum atomic E-state index is 12.8. The Morgan fingerprint density at radius 2 is 1.76 bits per heavy atom. The number of thiocarbonyl (C=S) groups is 1. The Labute approximate surface area is 197 Å². The molecule has 3 rings (SSSR count). The van der Waals surface area contributed by atoms with Crippen LogP contribution in [0.3, 0.4) is 0 Å². The van der Waals surface area contributed by atoms with Crippen molar-refractivity contribution in [2.45, 2.75) is 13.1 Å². The van der Waals surface area contributed by atoms with E-state index in [1.807, 2.05) is 0 Å². The number of aromatic hydroxyl groups is 1. The summed E-state index contributed by atoms with van der Waals surface area (Å²) in [5.41, 5.74) is 8.94. The summed E-state index contributed by atoms with van der Waals surface area (Å²) in [6.45, 7) is 1.57. The lowest BCUT2D eigenvalue weighted by Gasteiger charge is -2.09. The summed E-state index contributed by atoms with van der Waals surface area (Å²) in [5.74, 6) is -0.241. The molecule has 9 nitrogen and oxygen atoms in total. The Bertz CT molecular complexity index is 1250. The van der Waals surface area contributed by atoms with E-state index >= 15 is 0 Å². The van der Waals surface area contributed by atoms with E-state index in [4.69, 9.17) is 18.0 Å². The Kier molecular flexibility index (Phi) is 7.05. The lowest BCUT2D eigenvalue weighted by atomic mass is 10.1. The topological polar surface area (TPSA) is 130 Å². The number of nitrogens with two attached hydrogens (primary N) is 1. The number of benzene rings is 2. The van der Waals surface area contributed by atoms with Crippen LogP contribution in [-0.4, -0.2) is 31.7 Å². The zero-order chi connectivity index (χ0) is 25.0. The van der Waals surface area contributed by atoms with Gasteiger partial charge in [-0.25, -0.2) is 4.79 Å². The highest BCUT2D eigenvalue weighted by atomic mass is 32.1. The molecular weight excluding hydrogens is 471 g/mol. The van der Waals surface area contributed by atoms with Gasteiger partial charge in [-0.05, 0) is 49.5 Å². The third kappa shape index (κ3) is 5.81. The van der Waals surface area contributed by atoms with E-state index < -0.39 is 17.8 Å². The van der Waals surface area contributed by atoms with Gasteiger partial charge in [-0.2, -0.15) is 23.4 Å². The number of nitrogens with one attached hydrogen (secondary N) is 3. The van der Waals surface area contributed by atoms with Crippen LogP contribution in [0, 0.1) is 0 Å². The molecule has 0 aliphatic heterocycles. The SMILES string of the molecule is CC(=NNC(=S)Nc1cccc(NC(N)=O)c1)c1nn(C)c(-c2ccc(C(F)(F)F)cc2)c1O. The van der Waals surface area contributed by atoms with Crippen LogP contribution in [0.5, 0.6) is 5.75 Å². The van der Waals surface area contributed by atoms with Gasteiger partial charge in [0, 0.05) is 24.0 Å². The molecule has 13 heteroatoms. The second-order valence-corrected chi connectivity index (χ2v) is 7.49. The third-order valence-corrected chi connectivity index (χ3v) is 4.76. The van der Waals surface area contributed by atoms with Gasteiger partial charge in [-0.3, -0.25) is 10.1 Å². The number of aryl methyl sites for hydroxylation is 1. The molecule has 0 fully saturated rings. The number of aromatic nitrogens is 2.